The summed E-state index contributed by atoms with van der Waals surface area (Å²) < 4.78 is 12.3. The number of halogens is 2. The molecule has 54 valence electrons. The fraction of sp³-hybridized carbons (Fsp3) is 0. The van der Waals surface area contributed by atoms with Gasteiger partial charge in [-0.2, -0.15) is 0 Å². The summed E-state index contributed by atoms with van der Waals surface area (Å²) in [6.45, 7) is 0. The number of phenols is 2. The van der Waals surface area contributed by atoms with Crippen molar-refractivity contribution >= 4 is 11.6 Å². The molecule has 1 rings (SSSR count). The molecule has 0 heterocycles. The summed E-state index contributed by atoms with van der Waals surface area (Å²) in [6.07, 6.45) is 0. The average molecular weight is 163 g/mol. The molecule has 0 aliphatic rings. The van der Waals surface area contributed by atoms with E-state index in [-0.39, 0.29) is 10.8 Å². The summed E-state index contributed by atoms with van der Waals surface area (Å²) in [7, 11) is 0. The third-order valence-corrected chi connectivity index (χ3v) is 1.29. The van der Waals surface area contributed by atoms with Gasteiger partial charge in [-0.05, 0) is 0 Å². The predicted octanol–water partition coefficient (Wildman–Crippen LogP) is 1.89. The zero-order valence-corrected chi connectivity index (χ0v) is 5.56. The van der Waals surface area contributed by atoms with Crippen molar-refractivity contribution in [2.24, 2.45) is 0 Å². The molecule has 0 amide bonds. The first-order valence-corrected chi connectivity index (χ1v) is 2.86. The molecule has 0 radical (unpaired) electrons. The molecule has 2 nitrogen and oxygen atoms in total. The van der Waals surface area contributed by atoms with E-state index in [9.17, 15) is 4.39 Å². The maximum absolute atomic E-state index is 12.3. The van der Waals surface area contributed by atoms with Crippen molar-refractivity contribution in [3.8, 4) is 11.5 Å². The summed E-state index contributed by atoms with van der Waals surface area (Å²) in [5, 5.41) is 17.2. The molecule has 4 heteroatoms. The highest BCUT2D eigenvalue weighted by Gasteiger charge is 2.06. The topological polar surface area (TPSA) is 40.5 Å². The van der Waals surface area contributed by atoms with E-state index in [1.165, 1.54) is 0 Å². The highest BCUT2D eigenvalue weighted by Crippen LogP contribution is 2.29. The Labute approximate surface area is 61.5 Å². The zero-order chi connectivity index (χ0) is 7.72. The van der Waals surface area contributed by atoms with Crippen LogP contribution in [0.2, 0.25) is 5.02 Å². The molecule has 0 aliphatic carbocycles. The molecule has 0 saturated heterocycles. The van der Waals surface area contributed by atoms with Gasteiger partial charge in [-0.15, -0.1) is 0 Å². The number of hydrogen-bond donors (Lipinski definition) is 2. The lowest BCUT2D eigenvalue weighted by Crippen LogP contribution is -1.76. The molecule has 0 fully saturated rings. The van der Waals surface area contributed by atoms with Gasteiger partial charge in [-0.3, -0.25) is 0 Å². The average Bonchev–Trinajstić information content (AvgIpc) is 1.82. The Bertz CT molecular complexity index is 239. The molecule has 0 aromatic heterocycles. The van der Waals surface area contributed by atoms with Crippen LogP contribution in [0.15, 0.2) is 12.1 Å². The normalized spacial score (nSPS) is 9.80. The summed E-state index contributed by atoms with van der Waals surface area (Å²) in [4.78, 5) is 0. The van der Waals surface area contributed by atoms with Gasteiger partial charge in [0, 0.05) is 12.1 Å². The number of rotatable bonds is 0. The van der Waals surface area contributed by atoms with E-state index in [0.29, 0.717) is 0 Å². The first-order valence-electron chi connectivity index (χ1n) is 2.48. The second-order valence-corrected chi connectivity index (χ2v) is 2.17. The van der Waals surface area contributed by atoms with Crippen molar-refractivity contribution in [3.63, 3.8) is 0 Å². The van der Waals surface area contributed by atoms with Crippen LogP contribution in [0.5, 0.6) is 11.5 Å². The first kappa shape index (κ1) is 7.15. The molecular formula is C6H4ClFO2. The Morgan fingerprint density at radius 3 is 2.40 bits per heavy atom. The third-order valence-electron chi connectivity index (χ3n) is 1.00. The third kappa shape index (κ3) is 1.14. The summed E-state index contributed by atoms with van der Waals surface area (Å²) in [5.74, 6) is -1.87. The van der Waals surface area contributed by atoms with Crippen LogP contribution in [-0.2, 0) is 0 Å². The molecule has 1 aromatic rings. The Hall–Kier alpha value is -0.960. The Morgan fingerprint density at radius 1 is 1.30 bits per heavy atom. The largest absolute Gasteiger partial charge is 0.508 e. The number of aromatic hydroxyl groups is 2. The fourth-order valence-electron chi connectivity index (χ4n) is 0.552. The van der Waals surface area contributed by atoms with Crippen LogP contribution in [0.1, 0.15) is 0 Å². The van der Waals surface area contributed by atoms with Gasteiger partial charge in [0.15, 0.2) is 11.6 Å². The molecule has 0 aliphatic heterocycles. The quantitative estimate of drug-likeness (QED) is 0.572. The molecule has 0 bridgehead atoms. The second-order valence-electron chi connectivity index (χ2n) is 1.76. The fourth-order valence-corrected chi connectivity index (χ4v) is 0.754. The van der Waals surface area contributed by atoms with Crippen LogP contribution >= 0.6 is 11.6 Å². The van der Waals surface area contributed by atoms with Crippen LogP contribution in [0.25, 0.3) is 0 Å². The number of benzene rings is 1. The monoisotopic (exact) mass is 162 g/mol. The van der Waals surface area contributed by atoms with E-state index >= 15 is 0 Å². The highest BCUT2D eigenvalue weighted by molar-refractivity contribution is 6.32. The van der Waals surface area contributed by atoms with Crippen molar-refractivity contribution in [1.29, 1.82) is 0 Å². The summed E-state index contributed by atoms with van der Waals surface area (Å²) in [5.41, 5.74) is 0. The predicted molar refractivity (Wildman–Crippen MR) is 34.7 cm³/mol. The smallest absolute Gasteiger partial charge is 0.170 e. The van der Waals surface area contributed by atoms with Crippen LogP contribution in [0.3, 0.4) is 0 Å². The standard InChI is InChI=1S/C6H4ClFO2/c7-4-1-3(9)2-5(8)6(4)10/h1-2,9-10H. The first-order chi connectivity index (χ1) is 4.61. The maximum Gasteiger partial charge on any atom is 0.170 e. The lowest BCUT2D eigenvalue weighted by Gasteiger charge is -1.97. The van der Waals surface area contributed by atoms with Crippen molar-refractivity contribution < 1.29 is 14.6 Å². The van der Waals surface area contributed by atoms with Gasteiger partial charge < -0.3 is 10.2 Å². The van der Waals surface area contributed by atoms with Gasteiger partial charge in [0.2, 0.25) is 0 Å². The minimum Gasteiger partial charge on any atom is -0.508 e. The molecular weight excluding hydrogens is 159 g/mol. The lowest BCUT2D eigenvalue weighted by molar-refractivity contribution is 0.421. The minimum absolute atomic E-state index is 0.197. The van der Waals surface area contributed by atoms with Crippen LogP contribution in [0, 0.1) is 5.82 Å². The van der Waals surface area contributed by atoms with E-state index in [1.54, 1.807) is 0 Å². The summed E-state index contributed by atoms with van der Waals surface area (Å²) in [6, 6.07) is 1.83. The van der Waals surface area contributed by atoms with Crippen molar-refractivity contribution in [2.75, 3.05) is 0 Å². The number of hydrogen-bond acceptors (Lipinski definition) is 2. The lowest BCUT2D eigenvalue weighted by atomic mass is 10.3. The molecule has 0 unspecified atom stereocenters. The van der Waals surface area contributed by atoms with Crippen molar-refractivity contribution in [3.05, 3.63) is 23.0 Å². The van der Waals surface area contributed by atoms with Crippen LogP contribution < -0.4 is 0 Å². The van der Waals surface area contributed by atoms with Gasteiger partial charge in [0.1, 0.15) is 5.75 Å². The van der Waals surface area contributed by atoms with Gasteiger partial charge in [-0.25, -0.2) is 4.39 Å². The SMILES string of the molecule is Oc1cc(F)c(O)c(Cl)c1. The number of phenolic OH excluding ortho intramolecular Hbond substituents is 2. The van der Waals surface area contributed by atoms with Gasteiger partial charge in [-0.1, -0.05) is 11.6 Å². The molecule has 10 heavy (non-hydrogen) atoms. The Balaban J connectivity index is 3.31. The van der Waals surface area contributed by atoms with E-state index in [1.807, 2.05) is 0 Å². The van der Waals surface area contributed by atoms with Crippen molar-refractivity contribution in [1.82, 2.24) is 0 Å². The molecule has 1 aromatic carbocycles. The Morgan fingerprint density at radius 2 is 1.90 bits per heavy atom. The van der Waals surface area contributed by atoms with E-state index in [0.717, 1.165) is 12.1 Å². The Kier molecular flexibility index (Phi) is 1.68. The van der Waals surface area contributed by atoms with E-state index in [2.05, 4.69) is 0 Å². The van der Waals surface area contributed by atoms with Crippen LogP contribution in [0.4, 0.5) is 4.39 Å². The van der Waals surface area contributed by atoms with E-state index in [4.69, 9.17) is 21.8 Å². The van der Waals surface area contributed by atoms with Crippen LogP contribution in [-0.4, -0.2) is 10.2 Å². The van der Waals surface area contributed by atoms with Gasteiger partial charge in [0.05, 0.1) is 5.02 Å². The molecule has 2 N–H and O–H groups in total. The van der Waals surface area contributed by atoms with Gasteiger partial charge in [0.25, 0.3) is 0 Å². The summed E-state index contributed by atoms with van der Waals surface area (Å²) >= 11 is 5.27. The zero-order valence-electron chi connectivity index (χ0n) is 4.81. The molecule has 0 atom stereocenters. The molecule has 0 spiro atoms. The second kappa shape index (κ2) is 2.34. The minimum atomic E-state index is -0.926. The maximum atomic E-state index is 12.3. The van der Waals surface area contributed by atoms with Gasteiger partial charge >= 0.3 is 0 Å². The van der Waals surface area contributed by atoms with E-state index < -0.39 is 11.6 Å². The van der Waals surface area contributed by atoms with Crippen molar-refractivity contribution in [2.45, 2.75) is 0 Å². The molecule has 0 saturated carbocycles. The highest BCUT2D eigenvalue weighted by atomic mass is 35.5.